The maximum atomic E-state index is 13.8. The van der Waals surface area contributed by atoms with Gasteiger partial charge in [0.2, 0.25) is 5.91 Å². The van der Waals surface area contributed by atoms with Crippen LogP contribution in [0.4, 0.5) is 4.39 Å². The van der Waals surface area contributed by atoms with Crippen molar-refractivity contribution in [2.24, 2.45) is 0 Å². The fourth-order valence-corrected chi connectivity index (χ4v) is 2.91. The van der Waals surface area contributed by atoms with Crippen molar-refractivity contribution in [3.05, 3.63) is 23.8 Å². The van der Waals surface area contributed by atoms with Gasteiger partial charge in [-0.3, -0.25) is 4.79 Å². The highest BCUT2D eigenvalue weighted by atomic mass is 35.5. The monoisotopic (exact) mass is 311 g/mol. The minimum atomic E-state index is -0.451. The molecule has 2 aromatic rings. The number of rotatable bonds is 4. The zero-order valence-electron chi connectivity index (χ0n) is 11.5. The lowest BCUT2D eigenvalue weighted by Gasteiger charge is -2.15. The van der Waals surface area contributed by atoms with Crippen LogP contribution in [0.5, 0.6) is 5.75 Å². The molecule has 0 saturated carbocycles. The van der Waals surface area contributed by atoms with Gasteiger partial charge in [0.15, 0.2) is 11.6 Å². The number of alkyl halides is 1. The third-order valence-electron chi connectivity index (χ3n) is 3.68. The van der Waals surface area contributed by atoms with Crippen molar-refractivity contribution in [1.82, 2.24) is 14.9 Å². The average Bonchev–Trinajstić information content (AvgIpc) is 3.01. The van der Waals surface area contributed by atoms with E-state index in [-0.39, 0.29) is 17.7 Å². The zero-order chi connectivity index (χ0) is 15.0. The molecule has 1 fully saturated rings. The Hall–Kier alpha value is -1.82. The molecule has 7 heteroatoms. The summed E-state index contributed by atoms with van der Waals surface area (Å²) in [4.78, 5) is 15.9. The number of ether oxygens (including phenoxy) is 1. The van der Waals surface area contributed by atoms with Crippen LogP contribution in [0.25, 0.3) is 11.0 Å². The Morgan fingerprint density at radius 3 is 3.00 bits per heavy atom. The first-order valence-electron chi connectivity index (χ1n) is 6.71. The number of amides is 1. The van der Waals surface area contributed by atoms with E-state index in [0.717, 1.165) is 11.3 Å². The quantitative estimate of drug-likeness (QED) is 0.879. The second kappa shape index (κ2) is 5.52. The van der Waals surface area contributed by atoms with E-state index in [0.29, 0.717) is 30.8 Å². The Labute approximate surface area is 126 Å². The Kier molecular flexibility index (Phi) is 3.71. The highest BCUT2D eigenvalue weighted by Gasteiger charge is 2.27. The van der Waals surface area contributed by atoms with Crippen LogP contribution in [0, 0.1) is 5.82 Å². The molecule has 5 nitrogen and oxygen atoms in total. The average molecular weight is 312 g/mol. The van der Waals surface area contributed by atoms with Crippen LogP contribution in [0.15, 0.2) is 12.1 Å². The largest absolute Gasteiger partial charge is 0.494 e. The summed E-state index contributed by atoms with van der Waals surface area (Å²) in [6, 6.07) is 2.95. The number of hydrogen-bond donors (Lipinski definition) is 1. The molecule has 0 bridgehead atoms. The highest BCUT2D eigenvalue weighted by molar-refractivity contribution is 6.17. The van der Waals surface area contributed by atoms with E-state index in [1.807, 2.05) is 4.57 Å². The van der Waals surface area contributed by atoms with Crippen LogP contribution < -0.4 is 10.1 Å². The Morgan fingerprint density at radius 1 is 1.57 bits per heavy atom. The highest BCUT2D eigenvalue weighted by Crippen LogP contribution is 2.30. The number of halogens is 2. The molecule has 112 valence electrons. The van der Waals surface area contributed by atoms with Gasteiger partial charge in [0.05, 0.1) is 24.2 Å². The van der Waals surface area contributed by atoms with Crippen molar-refractivity contribution in [2.75, 3.05) is 19.5 Å². The lowest BCUT2D eigenvalue weighted by Crippen LogP contribution is -2.17. The molecule has 3 rings (SSSR count). The number of imidazole rings is 1. The molecule has 1 atom stereocenters. The minimum Gasteiger partial charge on any atom is -0.494 e. The van der Waals surface area contributed by atoms with Crippen LogP contribution >= 0.6 is 11.6 Å². The van der Waals surface area contributed by atoms with Crippen molar-refractivity contribution in [2.45, 2.75) is 18.9 Å². The van der Waals surface area contributed by atoms with Gasteiger partial charge in [0.25, 0.3) is 0 Å². The summed E-state index contributed by atoms with van der Waals surface area (Å²) in [6.45, 7) is 0.541. The third kappa shape index (κ3) is 2.44. The first kappa shape index (κ1) is 14.1. The molecule has 1 aliphatic heterocycles. The second-order valence-corrected chi connectivity index (χ2v) is 5.35. The third-order valence-corrected chi connectivity index (χ3v) is 3.86. The van der Waals surface area contributed by atoms with Crippen molar-refractivity contribution >= 4 is 28.5 Å². The zero-order valence-corrected chi connectivity index (χ0v) is 12.3. The molecule has 1 aromatic carbocycles. The predicted molar refractivity (Wildman–Crippen MR) is 77.3 cm³/mol. The SMILES string of the molecule is COc1cc2c(cc1F)nc(CCCl)n2C1CNC(=O)C1. The van der Waals surface area contributed by atoms with Gasteiger partial charge in [-0.05, 0) is 0 Å². The van der Waals surface area contributed by atoms with Gasteiger partial charge in [-0.1, -0.05) is 0 Å². The number of nitrogens with one attached hydrogen (secondary N) is 1. The maximum Gasteiger partial charge on any atom is 0.222 e. The van der Waals surface area contributed by atoms with E-state index >= 15 is 0 Å². The summed E-state index contributed by atoms with van der Waals surface area (Å²) in [5.74, 6) is 0.893. The fraction of sp³-hybridized carbons (Fsp3) is 0.429. The smallest absolute Gasteiger partial charge is 0.222 e. The van der Waals surface area contributed by atoms with Crippen LogP contribution in [-0.4, -0.2) is 35.0 Å². The summed E-state index contributed by atoms with van der Waals surface area (Å²) in [5, 5.41) is 2.81. The number of benzene rings is 1. The van der Waals surface area contributed by atoms with Crippen molar-refractivity contribution in [3.8, 4) is 5.75 Å². The lowest BCUT2D eigenvalue weighted by molar-refractivity contribution is -0.119. The molecule has 2 heterocycles. The van der Waals surface area contributed by atoms with Crippen LogP contribution in [0.2, 0.25) is 0 Å². The predicted octanol–water partition coefficient (Wildman–Crippen LogP) is 2.03. The summed E-state index contributed by atoms with van der Waals surface area (Å²) in [7, 11) is 1.42. The fourth-order valence-electron chi connectivity index (χ4n) is 2.74. The molecule has 1 saturated heterocycles. The molecule has 1 aromatic heterocycles. The van der Waals surface area contributed by atoms with Gasteiger partial charge in [-0.2, -0.15) is 0 Å². The lowest BCUT2D eigenvalue weighted by atomic mass is 10.2. The van der Waals surface area contributed by atoms with Crippen LogP contribution in [-0.2, 0) is 11.2 Å². The van der Waals surface area contributed by atoms with E-state index in [1.165, 1.54) is 13.2 Å². The molecular weight excluding hydrogens is 297 g/mol. The molecule has 0 radical (unpaired) electrons. The first-order valence-corrected chi connectivity index (χ1v) is 7.24. The number of carbonyl (C=O) groups is 1. The topological polar surface area (TPSA) is 56.1 Å². The number of fused-ring (bicyclic) bond motifs is 1. The molecule has 0 aliphatic carbocycles. The molecule has 1 N–H and O–H groups in total. The molecule has 0 spiro atoms. The van der Waals surface area contributed by atoms with Gasteiger partial charge in [-0.25, -0.2) is 9.37 Å². The summed E-state index contributed by atoms with van der Waals surface area (Å²) in [6.07, 6.45) is 0.950. The van der Waals surface area contributed by atoms with Crippen LogP contribution in [0.1, 0.15) is 18.3 Å². The van der Waals surface area contributed by atoms with Gasteiger partial charge < -0.3 is 14.6 Å². The molecule has 1 aliphatic rings. The molecular formula is C14H15ClFN3O2. The molecule has 21 heavy (non-hydrogen) atoms. The summed E-state index contributed by atoms with van der Waals surface area (Å²) >= 11 is 5.83. The van der Waals surface area contributed by atoms with Gasteiger partial charge in [0, 0.05) is 37.4 Å². The Morgan fingerprint density at radius 2 is 2.38 bits per heavy atom. The number of methoxy groups -OCH3 is 1. The van der Waals surface area contributed by atoms with Gasteiger partial charge >= 0.3 is 0 Å². The standard InChI is InChI=1S/C14H15ClFN3O2/c1-21-12-6-11-10(5-9(12)16)18-13(2-3-15)19(11)8-4-14(20)17-7-8/h5-6,8H,2-4,7H2,1H3,(H,17,20). The number of aryl methyl sites for hydroxylation is 1. The Bertz CT molecular complexity index is 701. The summed E-state index contributed by atoms with van der Waals surface area (Å²) in [5.41, 5.74) is 1.31. The Balaban J connectivity index is 2.17. The van der Waals surface area contributed by atoms with Gasteiger partial charge in [0.1, 0.15) is 5.82 Å². The van der Waals surface area contributed by atoms with E-state index in [9.17, 15) is 9.18 Å². The normalized spacial score (nSPS) is 18.2. The minimum absolute atomic E-state index is 0.00718. The van der Waals surface area contributed by atoms with Crippen molar-refractivity contribution in [3.63, 3.8) is 0 Å². The number of aromatic nitrogens is 2. The number of hydrogen-bond acceptors (Lipinski definition) is 3. The number of nitrogens with zero attached hydrogens (tertiary/aromatic N) is 2. The summed E-state index contributed by atoms with van der Waals surface area (Å²) < 4.78 is 20.8. The van der Waals surface area contributed by atoms with E-state index in [2.05, 4.69) is 10.3 Å². The number of carbonyl (C=O) groups excluding carboxylic acids is 1. The van der Waals surface area contributed by atoms with E-state index in [1.54, 1.807) is 6.07 Å². The maximum absolute atomic E-state index is 13.8. The van der Waals surface area contributed by atoms with Gasteiger partial charge in [-0.15, -0.1) is 11.6 Å². The molecule has 1 unspecified atom stereocenters. The van der Waals surface area contributed by atoms with Crippen LogP contribution in [0.3, 0.4) is 0 Å². The molecule has 1 amide bonds. The van der Waals surface area contributed by atoms with E-state index in [4.69, 9.17) is 16.3 Å². The van der Waals surface area contributed by atoms with E-state index < -0.39 is 5.82 Å². The first-order chi connectivity index (χ1) is 10.1. The second-order valence-electron chi connectivity index (χ2n) is 4.97. The van der Waals surface area contributed by atoms with Crippen molar-refractivity contribution in [1.29, 1.82) is 0 Å². The van der Waals surface area contributed by atoms with Crippen molar-refractivity contribution < 1.29 is 13.9 Å².